The number of aromatic nitrogens is 1. The first kappa shape index (κ1) is 19.8. The molecular formula is C23H20N4O2. The van der Waals surface area contributed by atoms with E-state index in [9.17, 15) is 9.59 Å². The lowest BCUT2D eigenvalue weighted by atomic mass is 10.0. The maximum atomic E-state index is 12.7. The third-order valence-corrected chi connectivity index (χ3v) is 4.37. The maximum absolute atomic E-state index is 12.7. The van der Waals surface area contributed by atoms with Crippen LogP contribution in [0, 0.1) is 11.3 Å². The highest BCUT2D eigenvalue weighted by atomic mass is 16.2. The van der Waals surface area contributed by atoms with Gasteiger partial charge in [0.15, 0.2) is 0 Å². The molecule has 2 N–H and O–H groups in total. The van der Waals surface area contributed by atoms with Gasteiger partial charge in [-0.25, -0.2) is 0 Å². The van der Waals surface area contributed by atoms with Gasteiger partial charge in [0.2, 0.25) is 0 Å². The quantitative estimate of drug-likeness (QED) is 0.673. The van der Waals surface area contributed by atoms with Gasteiger partial charge in [-0.3, -0.25) is 14.6 Å². The molecule has 29 heavy (non-hydrogen) atoms. The van der Waals surface area contributed by atoms with Gasteiger partial charge in [0.1, 0.15) is 0 Å². The van der Waals surface area contributed by atoms with Crippen LogP contribution in [0.1, 0.15) is 51.6 Å². The minimum atomic E-state index is -0.389. The predicted molar refractivity (Wildman–Crippen MR) is 112 cm³/mol. The third-order valence-electron chi connectivity index (χ3n) is 4.37. The van der Waals surface area contributed by atoms with Crippen molar-refractivity contribution in [1.82, 2.24) is 4.98 Å². The lowest BCUT2D eigenvalue weighted by Crippen LogP contribution is -2.17. The minimum absolute atomic E-state index is 0.258. The number of rotatable bonds is 5. The summed E-state index contributed by atoms with van der Waals surface area (Å²) in [5.41, 5.74) is 3.37. The van der Waals surface area contributed by atoms with E-state index < -0.39 is 0 Å². The number of hydrogen-bond acceptors (Lipinski definition) is 4. The van der Waals surface area contributed by atoms with Crippen molar-refractivity contribution in [2.75, 3.05) is 10.6 Å². The van der Waals surface area contributed by atoms with Crippen LogP contribution in [0.3, 0.4) is 0 Å². The zero-order valence-corrected chi connectivity index (χ0v) is 16.1. The van der Waals surface area contributed by atoms with Gasteiger partial charge >= 0.3 is 0 Å². The van der Waals surface area contributed by atoms with Gasteiger partial charge in [-0.15, -0.1) is 0 Å². The molecule has 3 rings (SSSR count). The number of para-hydroxylation sites is 1. The van der Waals surface area contributed by atoms with Crippen molar-refractivity contribution >= 4 is 23.2 Å². The van der Waals surface area contributed by atoms with Crippen LogP contribution in [0.25, 0.3) is 0 Å². The summed E-state index contributed by atoms with van der Waals surface area (Å²) in [4.78, 5) is 29.2. The average Bonchev–Trinajstić information content (AvgIpc) is 2.74. The van der Waals surface area contributed by atoms with Crippen molar-refractivity contribution in [3.8, 4) is 6.07 Å². The molecule has 0 aliphatic carbocycles. The van der Waals surface area contributed by atoms with Crippen LogP contribution in [-0.2, 0) is 0 Å². The molecule has 0 atom stereocenters. The molecule has 1 aromatic heterocycles. The molecule has 0 radical (unpaired) electrons. The number of nitrogens with one attached hydrogen (secondary N) is 2. The lowest BCUT2D eigenvalue weighted by Gasteiger charge is -2.13. The number of pyridine rings is 1. The summed E-state index contributed by atoms with van der Waals surface area (Å²) in [6.45, 7) is 4.11. The van der Waals surface area contributed by atoms with E-state index in [0.29, 0.717) is 11.3 Å². The molecule has 0 aliphatic rings. The molecule has 0 spiro atoms. The van der Waals surface area contributed by atoms with Crippen molar-refractivity contribution in [2.24, 2.45) is 0 Å². The Balaban J connectivity index is 1.75. The third kappa shape index (κ3) is 4.85. The van der Waals surface area contributed by atoms with Gasteiger partial charge in [-0.05, 0) is 47.9 Å². The Labute approximate surface area is 169 Å². The number of nitriles is 1. The van der Waals surface area contributed by atoms with E-state index in [1.54, 1.807) is 24.3 Å². The summed E-state index contributed by atoms with van der Waals surface area (Å²) in [5.74, 6) is -0.466. The van der Waals surface area contributed by atoms with Crippen molar-refractivity contribution in [3.63, 3.8) is 0 Å². The molecule has 3 aromatic rings. The Morgan fingerprint density at radius 2 is 1.55 bits per heavy atom. The number of amides is 2. The maximum Gasteiger partial charge on any atom is 0.257 e. The highest BCUT2D eigenvalue weighted by Crippen LogP contribution is 2.24. The van der Waals surface area contributed by atoms with Gasteiger partial charge < -0.3 is 10.6 Å². The normalized spacial score (nSPS) is 10.3. The van der Waals surface area contributed by atoms with E-state index in [-0.39, 0.29) is 28.9 Å². The fourth-order valence-electron chi connectivity index (χ4n) is 2.83. The second-order valence-corrected chi connectivity index (χ2v) is 6.80. The van der Waals surface area contributed by atoms with Crippen molar-refractivity contribution in [2.45, 2.75) is 19.8 Å². The SMILES string of the molecule is CC(C)c1ccccc1NC(=O)c1cncc(C(=O)Nc2ccc(C#N)cc2)c1. The molecule has 0 saturated heterocycles. The van der Waals surface area contributed by atoms with E-state index in [1.807, 2.05) is 30.3 Å². The highest BCUT2D eigenvalue weighted by molar-refractivity contribution is 6.08. The number of carbonyl (C=O) groups is 2. The molecule has 144 valence electrons. The van der Waals surface area contributed by atoms with Crippen molar-refractivity contribution in [1.29, 1.82) is 5.26 Å². The van der Waals surface area contributed by atoms with E-state index in [1.165, 1.54) is 18.5 Å². The first-order valence-electron chi connectivity index (χ1n) is 9.15. The second kappa shape index (κ2) is 8.81. The summed E-state index contributed by atoms with van der Waals surface area (Å²) >= 11 is 0. The van der Waals surface area contributed by atoms with Gasteiger partial charge in [-0.2, -0.15) is 5.26 Å². The molecule has 2 aromatic carbocycles. The standard InChI is InChI=1S/C23H20N4O2/c1-15(2)20-5-3-4-6-21(20)27-23(29)18-11-17(13-25-14-18)22(28)26-19-9-7-16(12-24)8-10-19/h3-11,13-15H,1-2H3,(H,26,28)(H,27,29). The first-order chi connectivity index (χ1) is 14.0. The van der Waals surface area contributed by atoms with Gasteiger partial charge in [0.05, 0.1) is 22.8 Å². The Hall–Kier alpha value is -3.98. The molecule has 0 saturated carbocycles. The topological polar surface area (TPSA) is 94.9 Å². The fraction of sp³-hybridized carbons (Fsp3) is 0.130. The van der Waals surface area contributed by atoms with E-state index >= 15 is 0 Å². The first-order valence-corrected chi connectivity index (χ1v) is 9.15. The van der Waals surface area contributed by atoms with Crippen LogP contribution in [0.4, 0.5) is 11.4 Å². The highest BCUT2D eigenvalue weighted by Gasteiger charge is 2.14. The predicted octanol–water partition coefficient (Wildman–Crippen LogP) is 4.58. The zero-order chi connectivity index (χ0) is 20.8. The summed E-state index contributed by atoms with van der Waals surface area (Å²) in [6, 6.07) is 17.7. The molecular weight excluding hydrogens is 364 g/mol. The van der Waals surface area contributed by atoms with Crippen LogP contribution >= 0.6 is 0 Å². The number of nitrogens with zero attached hydrogens (tertiary/aromatic N) is 2. The van der Waals surface area contributed by atoms with E-state index in [2.05, 4.69) is 29.5 Å². The Kier molecular flexibility index (Phi) is 6.00. The minimum Gasteiger partial charge on any atom is -0.322 e. The van der Waals surface area contributed by atoms with Crippen molar-refractivity contribution < 1.29 is 9.59 Å². The molecule has 1 heterocycles. The fourth-order valence-corrected chi connectivity index (χ4v) is 2.83. The zero-order valence-electron chi connectivity index (χ0n) is 16.1. The van der Waals surface area contributed by atoms with Gasteiger partial charge in [0, 0.05) is 23.8 Å². The van der Waals surface area contributed by atoms with Crippen LogP contribution < -0.4 is 10.6 Å². The number of hydrogen-bond donors (Lipinski definition) is 2. The lowest BCUT2D eigenvalue weighted by molar-refractivity contribution is 0.102. The monoisotopic (exact) mass is 384 g/mol. The molecule has 6 nitrogen and oxygen atoms in total. The summed E-state index contributed by atoms with van der Waals surface area (Å²) in [5, 5.41) is 14.5. The number of anilines is 2. The van der Waals surface area contributed by atoms with E-state index in [0.717, 1.165) is 11.3 Å². The number of benzene rings is 2. The Bertz CT molecular complexity index is 1080. The second-order valence-electron chi connectivity index (χ2n) is 6.80. The summed E-state index contributed by atoms with van der Waals surface area (Å²) in [6.07, 6.45) is 2.82. The summed E-state index contributed by atoms with van der Waals surface area (Å²) < 4.78 is 0. The number of carbonyl (C=O) groups excluding carboxylic acids is 2. The largest absolute Gasteiger partial charge is 0.322 e. The molecule has 0 unspecified atom stereocenters. The molecule has 0 bridgehead atoms. The Morgan fingerprint density at radius 3 is 2.17 bits per heavy atom. The molecule has 0 aliphatic heterocycles. The van der Waals surface area contributed by atoms with Crippen LogP contribution in [0.15, 0.2) is 67.0 Å². The summed E-state index contributed by atoms with van der Waals surface area (Å²) in [7, 11) is 0. The average molecular weight is 384 g/mol. The van der Waals surface area contributed by atoms with Crippen LogP contribution in [-0.4, -0.2) is 16.8 Å². The van der Waals surface area contributed by atoms with Gasteiger partial charge in [0.25, 0.3) is 11.8 Å². The van der Waals surface area contributed by atoms with Gasteiger partial charge in [-0.1, -0.05) is 32.0 Å². The molecule has 2 amide bonds. The van der Waals surface area contributed by atoms with Crippen LogP contribution in [0.2, 0.25) is 0 Å². The Morgan fingerprint density at radius 1 is 0.931 bits per heavy atom. The van der Waals surface area contributed by atoms with Crippen molar-refractivity contribution in [3.05, 3.63) is 89.2 Å². The molecule has 6 heteroatoms. The van der Waals surface area contributed by atoms with E-state index in [4.69, 9.17) is 5.26 Å². The smallest absolute Gasteiger partial charge is 0.257 e. The molecule has 0 fully saturated rings. The van der Waals surface area contributed by atoms with Crippen LogP contribution in [0.5, 0.6) is 0 Å².